The molecule has 4 rings (SSSR count). The van der Waals surface area contributed by atoms with Crippen molar-refractivity contribution in [3.63, 3.8) is 0 Å². The summed E-state index contributed by atoms with van der Waals surface area (Å²) in [4.78, 5) is 12.0. The van der Waals surface area contributed by atoms with Gasteiger partial charge in [0.1, 0.15) is 18.5 Å². The van der Waals surface area contributed by atoms with E-state index in [1.165, 1.54) is 6.07 Å². The molecule has 0 radical (unpaired) electrons. The van der Waals surface area contributed by atoms with Gasteiger partial charge in [-0.1, -0.05) is 18.2 Å². The van der Waals surface area contributed by atoms with Crippen LogP contribution in [-0.2, 0) is 28.7 Å². The van der Waals surface area contributed by atoms with Gasteiger partial charge >= 0.3 is 12.1 Å². The zero-order valence-electron chi connectivity index (χ0n) is 16.5. The fourth-order valence-electron chi connectivity index (χ4n) is 4.34. The summed E-state index contributed by atoms with van der Waals surface area (Å²) in [5.74, 6) is 0.0992. The third kappa shape index (κ3) is 3.47. The third-order valence-electron chi connectivity index (χ3n) is 5.98. The summed E-state index contributed by atoms with van der Waals surface area (Å²) in [6.45, 7) is 7.59. The first kappa shape index (κ1) is 20.8. The predicted molar refractivity (Wildman–Crippen MR) is 106 cm³/mol. The van der Waals surface area contributed by atoms with E-state index in [0.717, 1.165) is 47.2 Å². The second kappa shape index (κ2) is 7.34. The van der Waals surface area contributed by atoms with Crippen molar-refractivity contribution in [2.45, 2.75) is 45.6 Å². The Kier molecular flexibility index (Phi) is 5.09. The summed E-state index contributed by atoms with van der Waals surface area (Å²) in [5.41, 5.74) is 3.82. The molecular formula is C23H20ClF3O3. The van der Waals surface area contributed by atoms with E-state index in [-0.39, 0.29) is 29.1 Å². The van der Waals surface area contributed by atoms with Gasteiger partial charge in [-0.2, -0.15) is 13.2 Å². The number of hydrogen-bond donors (Lipinski definition) is 0. The van der Waals surface area contributed by atoms with E-state index in [1.54, 1.807) is 0 Å². The Hall–Kier alpha value is -2.47. The molecule has 0 spiro atoms. The molecule has 0 amide bonds. The van der Waals surface area contributed by atoms with Crippen LogP contribution < -0.4 is 4.74 Å². The monoisotopic (exact) mass is 436 g/mol. The molecule has 1 aliphatic heterocycles. The third-order valence-corrected chi connectivity index (χ3v) is 6.35. The van der Waals surface area contributed by atoms with Crippen LogP contribution in [0.3, 0.4) is 0 Å². The molecule has 7 heteroatoms. The predicted octanol–water partition coefficient (Wildman–Crippen LogP) is 6.27. The fourth-order valence-corrected chi connectivity index (χ4v) is 4.51. The molecule has 0 N–H and O–H groups in total. The van der Waals surface area contributed by atoms with E-state index in [4.69, 9.17) is 21.1 Å². The average Bonchev–Trinajstić information content (AvgIpc) is 2.97. The van der Waals surface area contributed by atoms with Crippen molar-refractivity contribution < 1.29 is 27.4 Å². The number of aryl methyl sites for hydroxylation is 1. The van der Waals surface area contributed by atoms with Crippen LogP contribution in [0, 0.1) is 19.8 Å². The molecule has 3 nitrogen and oxygen atoms in total. The largest absolute Gasteiger partial charge is 0.489 e. The molecule has 2 aromatic carbocycles. The van der Waals surface area contributed by atoms with Gasteiger partial charge in [-0.25, -0.2) is 4.79 Å². The quantitative estimate of drug-likeness (QED) is 0.420. The lowest BCUT2D eigenvalue weighted by Crippen LogP contribution is -2.20. The molecule has 158 valence electrons. The molecule has 0 bridgehead atoms. The van der Waals surface area contributed by atoms with Gasteiger partial charge in [-0.15, -0.1) is 0 Å². The van der Waals surface area contributed by atoms with E-state index < -0.39 is 17.8 Å². The van der Waals surface area contributed by atoms with E-state index >= 15 is 0 Å². The molecule has 2 atom stereocenters. The van der Waals surface area contributed by atoms with Crippen LogP contribution in [0.25, 0.3) is 0 Å². The van der Waals surface area contributed by atoms with Gasteiger partial charge in [0.15, 0.2) is 0 Å². The number of ether oxygens (including phenoxy) is 2. The number of esters is 1. The number of benzene rings is 2. The van der Waals surface area contributed by atoms with Crippen LogP contribution in [0.1, 0.15) is 45.9 Å². The lowest BCUT2D eigenvalue weighted by atomic mass is 9.76. The van der Waals surface area contributed by atoms with Gasteiger partial charge in [0.05, 0.1) is 5.56 Å². The fraction of sp³-hybridized carbons (Fsp3) is 0.348. The van der Waals surface area contributed by atoms with Crippen molar-refractivity contribution in [3.05, 3.63) is 74.8 Å². The van der Waals surface area contributed by atoms with Crippen LogP contribution in [-0.4, -0.2) is 5.97 Å². The van der Waals surface area contributed by atoms with E-state index in [9.17, 15) is 18.0 Å². The second-order valence-corrected chi connectivity index (χ2v) is 8.20. The Bertz CT molecular complexity index is 1060. The maximum atomic E-state index is 13.0. The highest BCUT2D eigenvalue weighted by atomic mass is 35.5. The van der Waals surface area contributed by atoms with Crippen molar-refractivity contribution in [3.8, 4) is 5.75 Å². The smallest absolute Gasteiger partial charge is 0.416 e. The molecule has 30 heavy (non-hydrogen) atoms. The first-order valence-electron chi connectivity index (χ1n) is 9.59. The Morgan fingerprint density at radius 3 is 2.70 bits per heavy atom. The normalized spacial score (nSPS) is 20.6. The maximum absolute atomic E-state index is 13.0. The van der Waals surface area contributed by atoms with Crippen molar-refractivity contribution in [1.82, 2.24) is 0 Å². The number of halogens is 4. The van der Waals surface area contributed by atoms with E-state index in [0.29, 0.717) is 11.3 Å². The Morgan fingerprint density at radius 2 is 2.00 bits per heavy atom. The first-order valence-corrected chi connectivity index (χ1v) is 9.97. The van der Waals surface area contributed by atoms with Crippen LogP contribution in [0.4, 0.5) is 13.2 Å². The number of fused-ring (bicyclic) bond motifs is 3. The zero-order chi connectivity index (χ0) is 21.8. The highest BCUT2D eigenvalue weighted by Crippen LogP contribution is 2.49. The van der Waals surface area contributed by atoms with Gasteiger partial charge in [-0.05, 0) is 67.6 Å². The summed E-state index contributed by atoms with van der Waals surface area (Å²) in [6.07, 6.45) is -3.25. The van der Waals surface area contributed by atoms with Gasteiger partial charge in [0.2, 0.25) is 0 Å². The summed E-state index contributed by atoms with van der Waals surface area (Å²) in [7, 11) is 0. The van der Waals surface area contributed by atoms with Gasteiger partial charge in [0.25, 0.3) is 0 Å². The van der Waals surface area contributed by atoms with Crippen molar-refractivity contribution in [2.24, 2.45) is 5.92 Å². The lowest BCUT2D eigenvalue weighted by Gasteiger charge is -2.30. The lowest BCUT2D eigenvalue weighted by molar-refractivity contribution is -0.140. The molecule has 0 unspecified atom stereocenters. The van der Waals surface area contributed by atoms with Crippen LogP contribution in [0.5, 0.6) is 5.75 Å². The molecule has 1 heterocycles. The highest BCUT2D eigenvalue weighted by Gasteiger charge is 2.44. The molecule has 0 aromatic heterocycles. The molecule has 1 aliphatic carbocycles. The van der Waals surface area contributed by atoms with Gasteiger partial charge in [-0.3, -0.25) is 0 Å². The van der Waals surface area contributed by atoms with Crippen molar-refractivity contribution in [1.29, 1.82) is 0 Å². The standard InChI is InChI=1S/C23H20ClF3O3/c1-11-8-19(29-10-14-9-15(23(25,26)27)4-7-18(14)24)13(3)20-16(11)5-6-17-12(2)22(28)30-21(17)20/h4,7-9,17,21H,2,5-6,10H2,1,3H3/t17-,21+/m0/s1. The Labute approximate surface area is 177 Å². The van der Waals surface area contributed by atoms with Crippen LogP contribution in [0.2, 0.25) is 5.02 Å². The Balaban J connectivity index is 1.66. The SMILES string of the molecule is C=C1C(=O)O[C@H]2c3c(C)c(OCc4cc(C(F)(F)F)ccc4Cl)cc(C)c3CC[C@@H]12. The second-order valence-electron chi connectivity index (χ2n) is 7.80. The van der Waals surface area contributed by atoms with E-state index in [1.807, 2.05) is 19.9 Å². The van der Waals surface area contributed by atoms with Crippen LogP contribution in [0.15, 0.2) is 36.4 Å². The van der Waals surface area contributed by atoms with Gasteiger partial charge in [0, 0.05) is 27.6 Å². The summed E-state index contributed by atoms with van der Waals surface area (Å²) in [6, 6.07) is 5.05. The number of carbonyl (C=O) groups is 1. The molecule has 1 saturated heterocycles. The number of carbonyl (C=O) groups excluding carboxylic acids is 1. The summed E-state index contributed by atoms with van der Waals surface area (Å²) >= 11 is 6.09. The maximum Gasteiger partial charge on any atom is 0.416 e. The number of rotatable bonds is 3. The minimum atomic E-state index is -4.46. The average molecular weight is 437 g/mol. The zero-order valence-corrected chi connectivity index (χ0v) is 17.3. The minimum absolute atomic E-state index is 0.0590. The minimum Gasteiger partial charge on any atom is -0.489 e. The van der Waals surface area contributed by atoms with Gasteiger partial charge < -0.3 is 9.47 Å². The number of hydrogen-bond acceptors (Lipinski definition) is 3. The highest BCUT2D eigenvalue weighted by molar-refractivity contribution is 6.31. The molecule has 2 aliphatic rings. The summed E-state index contributed by atoms with van der Waals surface area (Å²) in [5, 5.41) is 0.205. The molecular weight excluding hydrogens is 417 g/mol. The Morgan fingerprint density at radius 1 is 1.27 bits per heavy atom. The van der Waals surface area contributed by atoms with E-state index in [2.05, 4.69) is 6.58 Å². The first-order chi connectivity index (χ1) is 14.1. The van der Waals surface area contributed by atoms with Crippen LogP contribution >= 0.6 is 11.6 Å². The molecule has 1 fully saturated rings. The van der Waals surface area contributed by atoms with Crippen molar-refractivity contribution in [2.75, 3.05) is 0 Å². The molecule has 2 aromatic rings. The summed E-state index contributed by atoms with van der Waals surface area (Å²) < 4.78 is 50.6. The topological polar surface area (TPSA) is 35.5 Å². The number of alkyl halides is 3. The van der Waals surface area contributed by atoms with Crippen molar-refractivity contribution >= 4 is 17.6 Å². The molecule has 0 saturated carbocycles.